The van der Waals surface area contributed by atoms with Gasteiger partial charge in [-0.25, -0.2) is 0 Å². The van der Waals surface area contributed by atoms with Crippen LogP contribution in [0.5, 0.6) is 11.5 Å². The lowest BCUT2D eigenvalue weighted by Gasteiger charge is -2.22. The van der Waals surface area contributed by atoms with Crippen LogP contribution < -0.4 is 14.8 Å². The monoisotopic (exact) mass is 293 g/mol. The van der Waals surface area contributed by atoms with Crippen LogP contribution in [0.3, 0.4) is 0 Å². The molecule has 2 N–H and O–H groups in total. The van der Waals surface area contributed by atoms with Gasteiger partial charge in [-0.15, -0.1) is 0 Å². The highest BCUT2D eigenvalue weighted by molar-refractivity contribution is 5.71. The number of carboxylic acid groups (broad SMARTS) is 1. The number of carbonyl (C=O) groups is 1. The Hall–Kier alpha value is -1.75. The molecule has 0 aromatic heterocycles. The van der Waals surface area contributed by atoms with Gasteiger partial charge in [0, 0.05) is 23.7 Å². The molecule has 1 heterocycles. The van der Waals surface area contributed by atoms with Gasteiger partial charge >= 0.3 is 5.97 Å². The maximum Gasteiger partial charge on any atom is 0.307 e. The van der Waals surface area contributed by atoms with Gasteiger partial charge in [-0.05, 0) is 18.4 Å². The van der Waals surface area contributed by atoms with Crippen LogP contribution in [0.1, 0.15) is 43.4 Å². The third-order valence-corrected chi connectivity index (χ3v) is 4.04. The van der Waals surface area contributed by atoms with Crippen molar-refractivity contribution in [1.82, 2.24) is 5.32 Å². The molecule has 1 aromatic rings. The fourth-order valence-corrected chi connectivity index (χ4v) is 2.99. The summed E-state index contributed by atoms with van der Waals surface area (Å²) in [6, 6.07) is 3.90. The van der Waals surface area contributed by atoms with Crippen molar-refractivity contribution in [2.75, 3.05) is 20.8 Å². The normalized spacial score (nSPS) is 21.6. The van der Waals surface area contributed by atoms with E-state index in [9.17, 15) is 4.79 Å². The average Bonchev–Trinajstić information content (AvgIpc) is 2.95. The van der Waals surface area contributed by atoms with Crippen LogP contribution in [0.25, 0.3) is 0 Å². The standard InChI is InChI=1S/C16H23NO4/c1-9(2)14-13(20-3)6-5-11(15(14)21-4)12-7-10(8-17-12)16(18)19/h5-6,9-10,12,17H,7-8H2,1-4H3,(H,18,19). The molecule has 1 aliphatic rings. The topological polar surface area (TPSA) is 67.8 Å². The zero-order valence-electron chi connectivity index (χ0n) is 13.0. The van der Waals surface area contributed by atoms with Gasteiger partial charge in [-0.3, -0.25) is 4.79 Å². The maximum absolute atomic E-state index is 11.1. The van der Waals surface area contributed by atoms with Gasteiger partial charge in [-0.2, -0.15) is 0 Å². The first kappa shape index (κ1) is 15.6. The van der Waals surface area contributed by atoms with Crippen LogP contribution in [0.15, 0.2) is 12.1 Å². The van der Waals surface area contributed by atoms with Gasteiger partial charge in [0.05, 0.1) is 20.1 Å². The average molecular weight is 293 g/mol. The van der Waals surface area contributed by atoms with Crippen LogP contribution in [0.2, 0.25) is 0 Å². The largest absolute Gasteiger partial charge is 0.496 e. The van der Waals surface area contributed by atoms with E-state index in [4.69, 9.17) is 14.6 Å². The second-order valence-electron chi connectivity index (χ2n) is 5.69. The molecular formula is C16H23NO4. The van der Waals surface area contributed by atoms with Crippen molar-refractivity contribution >= 4 is 5.97 Å². The minimum atomic E-state index is -0.749. The molecule has 5 heteroatoms. The smallest absolute Gasteiger partial charge is 0.307 e. The van der Waals surface area contributed by atoms with Crippen molar-refractivity contribution in [2.45, 2.75) is 32.2 Å². The van der Waals surface area contributed by atoms with E-state index in [0.717, 1.165) is 22.6 Å². The summed E-state index contributed by atoms with van der Waals surface area (Å²) in [4.78, 5) is 11.1. The van der Waals surface area contributed by atoms with Crippen LogP contribution in [-0.4, -0.2) is 31.8 Å². The zero-order valence-corrected chi connectivity index (χ0v) is 13.0. The summed E-state index contributed by atoms with van der Waals surface area (Å²) in [5.41, 5.74) is 2.03. The van der Waals surface area contributed by atoms with E-state index in [1.807, 2.05) is 12.1 Å². The fraction of sp³-hybridized carbons (Fsp3) is 0.562. The van der Waals surface area contributed by atoms with Crippen molar-refractivity contribution < 1.29 is 19.4 Å². The van der Waals surface area contributed by atoms with Crippen LogP contribution >= 0.6 is 0 Å². The molecule has 2 atom stereocenters. The summed E-state index contributed by atoms with van der Waals surface area (Å²) < 4.78 is 11.1. The first-order valence-electron chi connectivity index (χ1n) is 7.20. The second-order valence-corrected chi connectivity index (χ2v) is 5.69. The minimum absolute atomic E-state index is 0.00413. The molecule has 116 valence electrons. The summed E-state index contributed by atoms with van der Waals surface area (Å²) in [5.74, 6) is 0.767. The number of carboxylic acids is 1. The Morgan fingerprint density at radius 1 is 1.33 bits per heavy atom. The Labute approximate surface area is 125 Å². The number of rotatable bonds is 5. The van der Waals surface area contributed by atoms with Crippen molar-refractivity contribution in [1.29, 1.82) is 0 Å². The molecule has 2 unspecified atom stereocenters. The number of methoxy groups -OCH3 is 2. The molecule has 1 aliphatic heterocycles. The number of benzene rings is 1. The molecule has 21 heavy (non-hydrogen) atoms. The van der Waals surface area contributed by atoms with E-state index in [2.05, 4.69) is 19.2 Å². The number of ether oxygens (including phenoxy) is 2. The fourth-order valence-electron chi connectivity index (χ4n) is 2.99. The molecule has 1 saturated heterocycles. The predicted molar refractivity (Wildman–Crippen MR) is 80.1 cm³/mol. The first-order valence-corrected chi connectivity index (χ1v) is 7.20. The van der Waals surface area contributed by atoms with Crippen LogP contribution in [-0.2, 0) is 4.79 Å². The summed E-state index contributed by atoms with van der Waals surface area (Å²) in [6.07, 6.45) is 0.579. The molecule has 5 nitrogen and oxygen atoms in total. The molecule has 0 aliphatic carbocycles. The lowest BCUT2D eigenvalue weighted by Crippen LogP contribution is -2.17. The number of nitrogens with one attached hydrogen (secondary N) is 1. The molecule has 0 radical (unpaired) electrons. The van der Waals surface area contributed by atoms with Gasteiger partial charge in [0.15, 0.2) is 0 Å². The Morgan fingerprint density at radius 2 is 2.05 bits per heavy atom. The lowest BCUT2D eigenvalue weighted by atomic mass is 9.92. The summed E-state index contributed by atoms with van der Waals surface area (Å²) in [7, 11) is 3.29. The highest BCUT2D eigenvalue weighted by atomic mass is 16.5. The van der Waals surface area contributed by atoms with E-state index in [1.54, 1.807) is 14.2 Å². The van der Waals surface area contributed by atoms with E-state index < -0.39 is 5.97 Å². The van der Waals surface area contributed by atoms with E-state index in [1.165, 1.54) is 0 Å². The van der Waals surface area contributed by atoms with Gasteiger partial charge in [0.25, 0.3) is 0 Å². The SMILES string of the molecule is COc1ccc(C2CC(C(=O)O)CN2)c(OC)c1C(C)C. The highest BCUT2D eigenvalue weighted by Crippen LogP contribution is 2.42. The lowest BCUT2D eigenvalue weighted by molar-refractivity contribution is -0.141. The second kappa shape index (κ2) is 6.35. The number of hydrogen-bond donors (Lipinski definition) is 2. The molecule has 0 saturated carbocycles. The molecule has 1 fully saturated rings. The van der Waals surface area contributed by atoms with Crippen molar-refractivity contribution in [3.63, 3.8) is 0 Å². The van der Waals surface area contributed by atoms with Crippen molar-refractivity contribution in [2.24, 2.45) is 5.92 Å². The molecule has 0 bridgehead atoms. The Morgan fingerprint density at radius 3 is 2.52 bits per heavy atom. The van der Waals surface area contributed by atoms with E-state index in [0.29, 0.717) is 13.0 Å². The Bertz CT molecular complexity index is 527. The molecular weight excluding hydrogens is 270 g/mol. The Balaban J connectivity index is 2.41. The highest BCUT2D eigenvalue weighted by Gasteiger charge is 2.33. The molecule has 1 aromatic carbocycles. The third kappa shape index (κ3) is 2.97. The first-order chi connectivity index (χ1) is 9.99. The Kier molecular flexibility index (Phi) is 4.73. The van der Waals surface area contributed by atoms with E-state index >= 15 is 0 Å². The summed E-state index contributed by atoms with van der Waals surface area (Å²) in [6.45, 7) is 4.67. The van der Waals surface area contributed by atoms with Crippen LogP contribution in [0, 0.1) is 5.92 Å². The van der Waals surface area contributed by atoms with Gasteiger partial charge in [0.1, 0.15) is 11.5 Å². The minimum Gasteiger partial charge on any atom is -0.496 e. The van der Waals surface area contributed by atoms with Gasteiger partial charge in [-0.1, -0.05) is 19.9 Å². The summed E-state index contributed by atoms with van der Waals surface area (Å²) in [5, 5.41) is 12.4. The quantitative estimate of drug-likeness (QED) is 0.873. The molecule has 0 amide bonds. The summed E-state index contributed by atoms with van der Waals surface area (Å²) >= 11 is 0. The van der Waals surface area contributed by atoms with Crippen molar-refractivity contribution in [3.8, 4) is 11.5 Å². The van der Waals surface area contributed by atoms with Gasteiger partial charge < -0.3 is 19.9 Å². The van der Waals surface area contributed by atoms with Crippen LogP contribution in [0.4, 0.5) is 0 Å². The predicted octanol–water partition coefficient (Wildman–Crippen LogP) is 2.56. The zero-order chi connectivity index (χ0) is 15.6. The number of hydrogen-bond acceptors (Lipinski definition) is 4. The number of aliphatic carboxylic acids is 1. The van der Waals surface area contributed by atoms with Gasteiger partial charge in [0.2, 0.25) is 0 Å². The van der Waals surface area contributed by atoms with E-state index in [-0.39, 0.29) is 17.9 Å². The van der Waals surface area contributed by atoms with Crippen molar-refractivity contribution in [3.05, 3.63) is 23.3 Å². The molecule has 0 spiro atoms. The maximum atomic E-state index is 11.1. The third-order valence-electron chi connectivity index (χ3n) is 4.04. The molecule has 2 rings (SSSR count).